The lowest BCUT2D eigenvalue weighted by atomic mass is 10.1. The molecule has 0 aliphatic carbocycles. The molecule has 1 rings (SSSR count). The zero-order valence-electron chi connectivity index (χ0n) is 9.42. The van der Waals surface area contributed by atoms with E-state index in [4.69, 9.17) is 9.47 Å². The third-order valence-electron chi connectivity index (χ3n) is 2.84. The van der Waals surface area contributed by atoms with Gasteiger partial charge in [0.15, 0.2) is 0 Å². The number of nitrogens with one attached hydrogen (secondary N) is 1. The van der Waals surface area contributed by atoms with Crippen LogP contribution in [0.3, 0.4) is 0 Å². The molecule has 3 nitrogen and oxygen atoms in total. The van der Waals surface area contributed by atoms with Crippen molar-refractivity contribution < 1.29 is 9.47 Å². The molecule has 1 saturated heterocycles. The topological polar surface area (TPSA) is 30.5 Å². The van der Waals surface area contributed by atoms with Crippen molar-refractivity contribution >= 4 is 0 Å². The van der Waals surface area contributed by atoms with Gasteiger partial charge in [0, 0.05) is 19.3 Å². The van der Waals surface area contributed by atoms with E-state index in [-0.39, 0.29) is 0 Å². The van der Waals surface area contributed by atoms with Crippen LogP contribution in [0.2, 0.25) is 0 Å². The van der Waals surface area contributed by atoms with Crippen LogP contribution in [-0.2, 0) is 9.47 Å². The Kier molecular flexibility index (Phi) is 6.15. The van der Waals surface area contributed by atoms with Crippen molar-refractivity contribution in [3.05, 3.63) is 0 Å². The van der Waals surface area contributed by atoms with Crippen molar-refractivity contribution in [1.82, 2.24) is 5.32 Å². The van der Waals surface area contributed by atoms with Crippen LogP contribution in [0.4, 0.5) is 0 Å². The van der Waals surface area contributed by atoms with Gasteiger partial charge in [-0.1, -0.05) is 6.92 Å². The van der Waals surface area contributed by atoms with E-state index in [1.54, 1.807) is 0 Å². The highest BCUT2D eigenvalue weighted by atomic mass is 16.5. The third kappa shape index (κ3) is 4.40. The van der Waals surface area contributed by atoms with Gasteiger partial charge in [-0.05, 0) is 32.7 Å². The van der Waals surface area contributed by atoms with E-state index < -0.39 is 0 Å². The minimum atomic E-state index is 0.365. The van der Waals surface area contributed by atoms with Crippen molar-refractivity contribution in [2.45, 2.75) is 44.8 Å². The first-order valence-electron chi connectivity index (χ1n) is 5.73. The van der Waals surface area contributed by atoms with Gasteiger partial charge in [0.25, 0.3) is 0 Å². The first-order chi connectivity index (χ1) is 6.86. The summed E-state index contributed by atoms with van der Waals surface area (Å²) in [5.41, 5.74) is 0. The molecule has 14 heavy (non-hydrogen) atoms. The second-order valence-corrected chi connectivity index (χ2v) is 3.89. The molecule has 1 heterocycles. The average Bonchev–Trinajstić information content (AvgIpc) is 2.71. The first kappa shape index (κ1) is 12.0. The fraction of sp³-hybridized carbons (Fsp3) is 1.00. The minimum Gasteiger partial charge on any atom is -0.379 e. The normalized spacial score (nSPS) is 24.0. The highest BCUT2D eigenvalue weighted by molar-refractivity contribution is 4.64. The fourth-order valence-corrected chi connectivity index (χ4v) is 1.78. The lowest BCUT2D eigenvalue weighted by molar-refractivity contribution is 0.0398. The summed E-state index contributed by atoms with van der Waals surface area (Å²) in [5.74, 6) is 0. The molecule has 0 amide bonds. The zero-order chi connectivity index (χ0) is 10.2. The quantitative estimate of drug-likeness (QED) is 0.634. The second-order valence-electron chi connectivity index (χ2n) is 3.89. The molecule has 0 aromatic carbocycles. The maximum absolute atomic E-state index is 5.69. The Morgan fingerprint density at radius 3 is 3.00 bits per heavy atom. The van der Waals surface area contributed by atoms with Crippen LogP contribution in [0.25, 0.3) is 0 Å². The van der Waals surface area contributed by atoms with E-state index in [0.717, 1.165) is 32.7 Å². The van der Waals surface area contributed by atoms with Crippen molar-refractivity contribution in [2.24, 2.45) is 0 Å². The summed E-state index contributed by atoms with van der Waals surface area (Å²) in [6.07, 6.45) is 4.99. The Labute approximate surface area is 87.2 Å². The summed E-state index contributed by atoms with van der Waals surface area (Å²) in [5, 5.41) is 3.30. The van der Waals surface area contributed by atoms with E-state index in [9.17, 15) is 0 Å². The summed E-state index contributed by atoms with van der Waals surface area (Å²) in [6, 6.07) is 0.651. The number of hydrogen-bond acceptors (Lipinski definition) is 3. The second kappa shape index (κ2) is 7.21. The van der Waals surface area contributed by atoms with Crippen molar-refractivity contribution in [3.8, 4) is 0 Å². The highest BCUT2D eigenvalue weighted by Gasteiger charge is 2.15. The number of rotatable bonds is 7. The molecule has 1 aliphatic heterocycles. The van der Waals surface area contributed by atoms with E-state index in [1.165, 1.54) is 12.8 Å². The molecule has 0 saturated carbocycles. The van der Waals surface area contributed by atoms with Crippen molar-refractivity contribution in [1.29, 1.82) is 0 Å². The highest BCUT2D eigenvalue weighted by Crippen LogP contribution is 2.09. The Morgan fingerprint density at radius 2 is 2.43 bits per heavy atom. The maximum atomic E-state index is 5.69. The molecule has 0 aromatic heterocycles. The van der Waals surface area contributed by atoms with E-state index in [0.29, 0.717) is 12.1 Å². The summed E-state index contributed by atoms with van der Waals surface area (Å²) in [6.45, 7) is 4.76. The molecular formula is C11H23NO2. The first-order valence-corrected chi connectivity index (χ1v) is 5.73. The smallest absolute Gasteiger partial charge is 0.0830 e. The van der Waals surface area contributed by atoms with Gasteiger partial charge in [0.05, 0.1) is 12.7 Å². The van der Waals surface area contributed by atoms with Gasteiger partial charge in [-0.3, -0.25) is 0 Å². The van der Waals surface area contributed by atoms with Gasteiger partial charge in [0.2, 0.25) is 0 Å². The third-order valence-corrected chi connectivity index (χ3v) is 2.84. The Balaban J connectivity index is 1.92. The molecule has 2 unspecified atom stereocenters. The summed E-state index contributed by atoms with van der Waals surface area (Å²) >= 11 is 0. The SMILES string of the molecule is CCC(CCCOC1CCOC1)NC. The molecule has 1 aliphatic rings. The molecule has 0 bridgehead atoms. The Hall–Kier alpha value is -0.120. The zero-order valence-corrected chi connectivity index (χ0v) is 9.42. The van der Waals surface area contributed by atoms with Gasteiger partial charge < -0.3 is 14.8 Å². The van der Waals surface area contributed by atoms with Gasteiger partial charge in [-0.2, -0.15) is 0 Å². The van der Waals surface area contributed by atoms with Crippen LogP contribution in [-0.4, -0.2) is 39.0 Å². The standard InChI is InChI=1S/C11H23NO2/c1-3-10(12-2)5-4-7-14-11-6-8-13-9-11/h10-12H,3-9H2,1-2H3. The Bertz CT molecular complexity index is 127. The van der Waals surface area contributed by atoms with E-state index >= 15 is 0 Å². The lowest BCUT2D eigenvalue weighted by Gasteiger charge is -2.14. The monoisotopic (exact) mass is 201 g/mol. The summed E-state index contributed by atoms with van der Waals surface area (Å²) in [7, 11) is 2.03. The van der Waals surface area contributed by atoms with Crippen LogP contribution in [0.15, 0.2) is 0 Å². The number of hydrogen-bond donors (Lipinski definition) is 1. The number of ether oxygens (including phenoxy) is 2. The molecule has 2 atom stereocenters. The molecule has 0 aromatic rings. The largest absolute Gasteiger partial charge is 0.379 e. The molecule has 3 heteroatoms. The van der Waals surface area contributed by atoms with Crippen LogP contribution < -0.4 is 5.32 Å². The van der Waals surface area contributed by atoms with Crippen LogP contribution >= 0.6 is 0 Å². The molecular weight excluding hydrogens is 178 g/mol. The van der Waals surface area contributed by atoms with Gasteiger partial charge in [-0.25, -0.2) is 0 Å². The molecule has 0 radical (unpaired) electrons. The minimum absolute atomic E-state index is 0.365. The van der Waals surface area contributed by atoms with Crippen LogP contribution in [0.5, 0.6) is 0 Å². The maximum Gasteiger partial charge on any atom is 0.0830 e. The summed E-state index contributed by atoms with van der Waals surface area (Å²) in [4.78, 5) is 0. The van der Waals surface area contributed by atoms with E-state index in [2.05, 4.69) is 12.2 Å². The molecule has 1 fully saturated rings. The van der Waals surface area contributed by atoms with Crippen molar-refractivity contribution in [2.75, 3.05) is 26.9 Å². The molecule has 0 spiro atoms. The van der Waals surface area contributed by atoms with Crippen LogP contribution in [0.1, 0.15) is 32.6 Å². The predicted molar refractivity (Wildman–Crippen MR) is 57.5 cm³/mol. The molecule has 84 valence electrons. The van der Waals surface area contributed by atoms with Gasteiger partial charge in [0.1, 0.15) is 0 Å². The Morgan fingerprint density at radius 1 is 1.57 bits per heavy atom. The van der Waals surface area contributed by atoms with Crippen molar-refractivity contribution in [3.63, 3.8) is 0 Å². The van der Waals surface area contributed by atoms with E-state index in [1.807, 2.05) is 7.05 Å². The average molecular weight is 201 g/mol. The van der Waals surface area contributed by atoms with Crippen LogP contribution in [0, 0.1) is 0 Å². The molecule has 1 N–H and O–H groups in total. The fourth-order valence-electron chi connectivity index (χ4n) is 1.78. The lowest BCUT2D eigenvalue weighted by Crippen LogP contribution is -2.24. The predicted octanol–water partition coefficient (Wildman–Crippen LogP) is 1.57. The van der Waals surface area contributed by atoms with Gasteiger partial charge >= 0.3 is 0 Å². The summed E-state index contributed by atoms with van der Waals surface area (Å²) < 4.78 is 10.9. The van der Waals surface area contributed by atoms with Gasteiger partial charge in [-0.15, -0.1) is 0 Å².